The molecule has 2 N–H and O–H groups in total. The van der Waals surface area contributed by atoms with Crippen molar-refractivity contribution in [3.63, 3.8) is 0 Å². The molecule has 96 valence electrons. The molecular weight excluding hydrogens is 210 g/mol. The Morgan fingerprint density at radius 3 is 2.82 bits per heavy atom. The number of nitrogens with two attached hydrogens (primary N) is 1. The molecule has 0 spiro atoms. The maximum absolute atomic E-state index is 6.04. The molecule has 3 nitrogen and oxygen atoms in total. The van der Waals surface area contributed by atoms with Crippen LogP contribution in [0.2, 0.25) is 0 Å². The molecule has 2 rings (SSSR count). The Hall–Kier alpha value is -0.830. The normalized spacial score (nSPS) is 28.8. The van der Waals surface area contributed by atoms with Gasteiger partial charge < -0.3 is 5.73 Å². The summed E-state index contributed by atoms with van der Waals surface area (Å²) in [5.41, 5.74) is 9.04. The Balaban J connectivity index is 2.14. The third-order valence-corrected chi connectivity index (χ3v) is 4.06. The van der Waals surface area contributed by atoms with Gasteiger partial charge in [0.2, 0.25) is 0 Å². The summed E-state index contributed by atoms with van der Waals surface area (Å²) >= 11 is 0. The van der Waals surface area contributed by atoms with E-state index in [4.69, 9.17) is 5.73 Å². The minimum atomic E-state index is 0.386. The van der Waals surface area contributed by atoms with Gasteiger partial charge in [-0.05, 0) is 50.5 Å². The number of hydrogen-bond acceptors (Lipinski definition) is 2. The van der Waals surface area contributed by atoms with Gasteiger partial charge in [-0.15, -0.1) is 0 Å². The van der Waals surface area contributed by atoms with Gasteiger partial charge in [-0.1, -0.05) is 13.8 Å². The van der Waals surface area contributed by atoms with Gasteiger partial charge in [-0.25, -0.2) is 0 Å². The highest BCUT2D eigenvalue weighted by atomic mass is 15.3. The Morgan fingerprint density at radius 2 is 2.29 bits per heavy atom. The van der Waals surface area contributed by atoms with Gasteiger partial charge in [0.25, 0.3) is 0 Å². The second kappa shape index (κ2) is 4.81. The van der Waals surface area contributed by atoms with E-state index in [1.54, 1.807) is 0 Å². The Kier molecular flexibility index (Phi) is 3.57. The lowest BCUT2D eigenvalue weighted by Crippen LogP contribution is -2.22. The molecule has 2 unspecified atom stereocenters. The van der Waals surface area contributed by atoms with Crippen molar-refractivity contribution < 1.29 is 0 Å². The van der Waals surface area contributed by atoms with Gasteiger partial charge in [0, 0.05) is 18.3 Å². The lowest BCUT2D eigenvalue weighted by molar-refractivity contribution is 0.319. The van der Waals surface area contributed by atoms with Gasteiger partial charge in [-0.3, -0.25) is 4.68 Å². The van der Waals surface area contributed by atoms with Crippen LogP contribution < -0.4 is 5.73 Å². The van der Waals surface area contributed by atoms with Crippen LogP contribution in [0.15, 0.2) is 6.07 Å². The van der Waals surface area contributed by atoms with E-state index in [0.29, 0.717) is 11.5 Å². The first-order chi connectivity index (χ1) is 8.06. The molecule has 0 aliphatic heterocycles. The largest absolute Gasteiger partial charge is 0.328 e. The van der Waals surface area contributed by atoms with Gasteiger partial charge in [0.15, 0.2) is 0 Å². The van der Waals surface area contributed by atoms with E-state index in [0.717, 1.165) is 25.8 Å². The Bertz CT molecular complexity index is 383. The van der Waals surface area contributed by atoms with E-state index in [2.05, 4.69) is 36.6 Å². The van der Waals surface area contributed by atoms with Crippen molar-refractivity contribution in [3.05, 3.63) is 17.5 Å². The highest BCUT2D eigenvalue weighted by Gasteiger charge is 2.34. The van der Waals surface area contributed by atoms with Crippen LogP contribution in [-0.4, -0.2) is 15.8 Å². The van der Waals surface area contributed by atoms with Crippen LogP contribution in [0.4, 0.5) is 0 Å². The van der Waals surface area contributed by atoms with E-state index >= 15 is 0 Å². The fraction of sp³-hybridized carbons (Fsp3) is 0.786. The minimum absolute atomic E-state index is 0.386. The quantitative estimate of drug-likeness (QED) is 0.871. The van der Waals surface area contributed by atoms with E-state index in [1.165, 1.54) is 24.2 Å². The third kappa shape index (κ3) is 2.71. The lowest BCUT2D eigenvalue weighted by atomic mass is 9.83. The number of nitrogens with zero attached hydrogens (tertiary/aromatic N) is 2. The SMILES string of the molecule is CCc1cc(CC2(C)CCC(N)C2)n(CC)n1. The number of hydrogen-bond donors (Lipinski definition) is 1. The summed E-state index contributed by atoms with van der Waals surface area (Å²) in [6.45, 7) is 7.67. The fourth-order valence-electron chi connectivity index (χ4n) is 3.07. The van der Waals surface area contributed by atoms with Gasteiger partial charge in [0.05, 0.1) is 5.69 Å². The number of aryl methyl sites for hydroxylation is 2. The lowest BCUT2D eigenvalue weighted by Gasteiger charge is -2.23. The van der Waals surface area contributed by atoms with E-state index in [9.17, 15) is 0 Å². The number of rotatable bonds is 4. The molecule has 1 aromatic rings. The summed E-state index contributed by atoms with van der Waals surface area (Å²) in [6, 6.07) is 2.68. The molecule has 1 aliphatic carbocycles. The molecule has 17 heavy (non-hydrogen) atoms. The van der Waals surface area contributed by atoms with Crippen molar-refractivity contribution in [1.29, 1.82) is 0 Å². The van der Waals surface area contributed by atoms with E-state index < -0.39 is 0 Å². The van der Waals surface area contributed by atoms with Crippen molar-refractivity contribution in [3.8, 4) is 0 Å². The summed E-state index contributed by atoms with van der Waals surface area (Å²) in [5, 5.41) is 4.62. The van der Waals surface area contributed by atoms with Crippen LogP contribution in [0.1, 0.15) is 51.4 Å². The van der Waals surface area contributed by atoms with Crippen LogP contribution in [0.25, 0.3) is 0 Å². The van der Waals surface area contributed by atoms with E-state index in [1.807, 2.05) is 0 Å². The second-order valence-electron chi connectivity index (χ2n) is 5.79. The van der Waals surface area contributed by atoms with Crippen LogP contribution in [0.5, 0.6) is 0 Å². The molecule has 1 fully saturated rings. The van der Waals surface area contributed by atoms with Crippen LogP contribution >= 0.6 is 0 Å². The predicted molar refractivity (Wildman–Crippen MR) is 70.9 cm³/mol. The summed E-state index contributed by atoms with van der Waals surface area (Å²) in [4.78, 5) is 0. The van der Waals surface area contributed by atoms with Crippen molar-refractivity contribution in [2.24, 2.45) is 11.1 Å². The molecule has 0 amide bonds. The molecule has 0 bridgehead atoms. The molecule has 0 saturated heterocycles. The molecule has 1 aliphatic rings. The van der Waals surface area contributed by atoms with Gasteiger partial charge in [-0.2, -0.15) is 5.10 Å². The van der Waals surface area contributed by atoms with Gasteiger partial charge in [0.1, 0.15) is 0 Å². The molecule has 1 saturated carbocycles. The zero-order valence-electron chi connectivity index (χ0n) is 11.4. The standard InChI is InChI=1S/C14H25N3/c1-4-12-8-13(17(5-2)16-12)10-14(3)7-6-11(15)9-14/h8,11H,4-7,9-10,15H2,1-3H3. The first-order valence-electron chi connectivity index (χ1n) is 6.87. The van der Waals surface area contributed by atoms with Crippen molar-refractivity contribution in [1.82, 2.24) is 9.78 Å². The fourth-order valence-corrected chi connectivity index (χ4v) is 3.07. The van der Waals surface area contributed by atoms with Crippen LogP contribution in [0.3, 0.4) is 0 Å². The molecular formula is C14H25N3. The smallest absolute Gasteiger partial charge is 0.0624 e. The van der Waals surface area contributed by atoms with Crippen LogP contribution in [0, 0.1) is 5.41 Å². The van der Waals surface area contributed by atoms with Crippen LogP contribution in [-0.2, 0) is 19.4 Å². The molecule has 0 aromatic carbocycles. The van der Waals surface area contributed by atoms with Crippen molar-refractivity contribution in [2.45, 2.75) is 65.5 Å². The second-order valence-corrected chi connectivity index (χ2v) is 5.79. The summed E-state index contributed by atoms with van der Waals surface area (Å²) in [6.07, 6.45) is 5.74. The molecule has 1 heterocycles. The third-order valence-electron chi connectivity index (χ3n) is 4.06. The van der Waals surface area contributed by atoms with Gasteiger partial charge >= 0.3 is 0 Å². The average molecular weight is 235 g/mol. The topological polar surface area (TPSA) is 43.8 Å². The molecule has 3 heteroatoms. The highest BCUT2D eigenvalue weighted by molar-refractivity contribution is 5.13. The van der Waals surface area contributed by atoms with E-state index in [-0.39, 0.29) is 0 Å². The maximum atomic E-state index is 6.04. The maximum Gasteiger partial charge on any atom is 0.0624 e. The highest BCUT2D eigenvalue weighted by Crippen LogP contribution is 2.39. The first kappa shape index (κ1) is 12.6. The number of aromatic nitrogens is 2. The average Bonchev–Trinajstić information content (AvgIpc) is 2.83. The Morgan fingerprint density at radius 1 is 1.53 bits per heavy atom. The monoisotopic (exact) mass is 235 g/mol. The molecule has 1 aromatic heterocycles. The molecule has 0 radical (unpaired) electrons. The van der Waals surface area contributed by atoms with Crippen molar-refractivity contribution in [2.75, 3.05) is 0 Å². The van der Waals surface area contributed by atoms with Crippen molar-refractivity contribution >= 4 is 0 Å². The predicted octanol–water partition coefficient (Wildman–Crippen LogP) is 2.53. The summed E-state index contributed by atoms with van der Waals surface area (Å²) in [7, 11) is 0. The Labute approximate surface area is 104 Å². The summed E-state index contributed by atoms with van der Waals surface area (Å²) in [5.74, 6) is 0. The molecule has 2 atom stereocenters. The zero-order valence-corrected chi connectivity index (χ0v) is 11.4. The minimum Gasteiger partial charge on any atom is -0.328 e. The zero-order chi connectivity index (χ0) is 12.5. The first-order valence-corrected chi connectivity index (χ1v) is 6.87. The summed E-state index contributed by atoms with van der Waals surface area (Å²) < 4.78 is 2.16.